The van der Waals surface area contributed by atoms with E-state index in [0.717, 1.165) is 0 Å². The van der Waals surface area contributed by atoms with Crippen LogP contribution < -0.4 is 0 Å². The number of hydrogen-bond acceptors (Lipinski definition) is 4. The van der Waals surface area contributed by atoms with Gasteiger partial charge < -0.3 is 4.74 Å². The van der Waals surface area contributed by atoms with Gasteiger partial charge in [-0.2, -0.15) is 9.40 Å². The maximum Gasteiger partial charge on any atom is 0.246 e. The number of sulfonamides is 1. The van der Waals surface area contributed by atoms with Crippen LogP contribution in [0.25, 0.3) is 0 Å². The van der Waals surface area contributed by atoms with Gasteiger partial charge in [0.25, 0.3) is 0 Å². The van der Waals surface area contributed by atoms with Crippen LogP contribution in [0.3, 0.4) is 0 Å². The Morgan fingerprint density at radius 1 is 1.56 bits per heavy atom. The van der Waals surface area contributed by atoms with Crippen molar-refractivity contribution in [2.45, 2.75) is 44.3 Å². The zero-order chi connectivity index (χ0) is 13.6. The number of nitrogens with one attached hydrogen (secondary N) is 1. The van der Waals surface area contributed by atoms with Gasteiger partial charge in [0.1, 0.15) is 4.90 Å². The van der Waals surface area contributed by atoms with Crippen LogP contribution in [0.1, 0.15) is 26.5 Å². The summed E-state index contributed by atoms with van der Waals surface area (Å²) in [5, 5.41) is 6.43. The largest absolute Gasteiger partial charge is 0.370 e. The first kappa shape index (κ1) is 13.5. The Morgan fingerprint density at radius 3 is 2.72 bits per heavy atom. The van der Waals surface area contributed by atoms with Crippen molar-refractivity contribution in [3.8, 4) is 0 Å². The number of rotatable bonds is 2. The van der Waals surface area contributed by atoms with Gasteiger partial charge in [-0.1, -0.05) is 0 Å². The number of hydrogen-bond donors (Lipinski definition) is 1. The van der Waals surface area contributed by atoms with E-state index in [1.165, 1.54) is 10.5 Å². The van der Waals surface area contributed by atoms with Crippen molar-refractivity contribution in [1.29, 1.82) is 0 Å². The summed E-state index contributed by atoms with van der Waals surface area (Å²) in [5.41, 5.74) is 0.0921. The summed E-state index contributed by atoms with van der Waals surface area (Å²) in [4.78, 5) is 0.243. The van der Waals surface area contributed by atoms with Crippen molar-refractivity contribution in [3.63, 3.8) is 0 Å². The van der Waals surface area contributed by atoms with E-state index in [4.69, 9.17) is 4.74 Å². The fourth-order valence-corrected chi connectivity index (χ4v) is 4.10. The average molecular weight is 273 g/mol. The van der Waals surface area contributed by atoms with E-state index in [1.807, 2.05) is 20.8 Å². The van der Waals surface area contributed by atoms with Crippen LogP contribution in [0.4, 0.5) is 0 Å². The van der Waals surface area contributed by atoms with Crippen LogP contribution in [-0.4, -0.2) is 47.7 Å². The first-order valence-corrected chi connectivity index (χ1v) is 7.34. The van der Waals surface area contributed by atoms with Gasteiger partial charge in [-0.15, -0.1) is 0 Å². The Bertz CT molecular complexity index is 535. The number of aromatic nitrogens is 2. The molecular formula is C11H19N3O3S. The molecule has 18 heavy (non-hydrogen) atoms. The Hall–Kier alpha value is -0.920. The second-order valence-corrected chi connectivity index (χ2v) is 7.25. The second-order valence-electron chi connectivity index (χ2n) is 5.34. The number of morpholine rings is 1. The van der Waals surface area contributed by atoms with Crippen molar-refractivity contribution in [2.24, 2.45) is 0 Å². The Balaban J connectivity index is 2.34. The van der Waals surface area contributed by atoms with E-state index in [0.29, 0.717) is 18.8 Å². The molecule has 0 aromatic carbocycles. The van der Waals surface area contributed by atoms with E-state index >= 15 is 0 Å². The molecule has 1 aromatic heterocycles. The summed E-state index contributed by atoms with van der Waals surface area (Å²) < 4.78 is 32.2. The maximum atomic E-state index is 12.5. The molecule has 102 valence electrons. The first-order chi connectivity index (χ1) is 8.22. The molecule has 7 heteroatoms. The highest BCUT2D eigenvalue weighted by atomic mass is 32.2. The highest BCUT2D eigenvalue weighted by molar-refractivity contribution is 7.89. The predicted molar refractivity (Wildman–Crippen MR) is 66.7 cm³/mol. The molecule has 1 aliphatic heterocycles. The monoisotopic (exact) mass is 273 g/mol. The number of aromatic amines is 1. The Labute approximate surface area is 107 Å². The Morgan fingerprint density at radius 2 is 2.22 bits per heavy atom. The van der Waals surface area contributed by atoms with E-state index in [1.54, 1.807) is 6.92 Å². The molecule has 0 saturated carbocycles. The van der Waals surface area contributed by atoms with Crippen molar-refractivity contribution in [2.75, 3.05) is 13.1 Å². The van der Waals surface area contributed by atoms with E-state index < -0.39 is 15.6 Å². The molecule has 1 unspecified atom stereocenters. The SMILES string of the molecule is Cc1[nH]ncc1S(=O)(=O)N1CC(C)OC(C)(C)C1. The molecule has 1 saturated heterocycles. The minimum atomic E-state index is -3.49. The third-order valence-corrected chi connectivity index (χ3v) is 4.86. The summed E-state index contributed by atoms with van der Waals surface area (Å²) in [6.45, 7) is 8.10. The fourth-order valence-electron chi connectivity index (χ4n) is 2.32. The maximum absolute atomic E-state index is 12.5. The molecule has 1 atom stereocenters. The average Bonchev–Trinajstić information content (AvgIpc) is 2.61. The normalized spacial score (nSPS) is 25.2. The quantitative estimate of drug-likeness (QED) is 0.869. The third kappa shape index (κ3) is 2.43. The molecule has 2 rings (SSSR count). The third-order valence-electron chi connectivity index (χ3n) is 2.94. The van der Waals surface area contributed by atoms with Crippen molar-refractivity contribution < 1.29 is 13.2 Å². The molecule has 1 aromatic rings. The van der Waals surface area contributed by atoms with Crippen molar-refractivity contribution in [3.05, 3.63) is 11.9 Å². The lowest BCUT2D eigenvalue weighted by Gasteiger charge is -2.40. The topological polar surface area (TPSA) is 75.3 Å². The summed E-state index contributed by atoms with van der Waals surface area (Å²) in [7, 11) is -3.49. The van der Waals surface area contributed by atoms with E-state index in [9.17, 15) is 8.42 Å². The van der Waals surface area contributed by atoms with Crippen LogP contribution in [-0.2, 0) is 14.8 Å². The summed E-state index contributed by atoms with van der Waals surface area (Å²) >= 11 is 0. The van der Waals surface area contributed by atoms with Crippen LogP contribution >= 0.6 is 0 Å². The minimum absolute atomic E-state index is 0.115. The van der Waals surface area contributed by atoms with Crippen LogP contribution in [0.2, 0.25) is 0 Å². The van der Waals surface area contributed by atoms with E-state index in [-0.39, 0.29) is 11.0 Å². The smallest absolute Gasteiger partial charge is 0.246 e. The van der Waals surface area contributed by atoms with Gasteiger partial charge in [0.15, 0.2) is 0 Å². The Kier molecular flexibility index (Phi) is 3.25. The van der Waals surface area contributed by atoms with Crippen molar-refractivity contribution >= 4 is 10.0 Å². The van der Waals surface area contributed by atoms with Gasteiger partial charge in [-0.3, -0.25) is 5.10 Å². The zero-order valence-electron chi connectivity index (χ0n) is 11.1. The molecule has 0 amide bonds. The number of aryl methyl sites for hydroxylation is 1. The molecule has 0 radical (unpaired) electrons. The molecule has 1 aliphatic rings. The lowest BCUT2D eigenvalue weighted by atomic mass is 10.1. The van der Waals surface area contributed by atoms with Crippen molar-refractivity contribution in [1.82, 2.24) is 14.5 Å². The molecule has 1 fully saturated rings. The number of H-pyrrole nitrogens is 1. The minimum Gasteiger partial charge on any atom is -0.370 e. The van der Waals surface area contributed by atoms with Gasteiger partial charge >= 0.3 is 0 Å². The lowest BCUT2D eigenvalue weighted by molar-refractivity contribution is -0.109. The lowest BCUT2D eigenvalue weighted by Crippen LogP contribution is -2.53. The summed E-state index contributed by atoms with van der Waals surface area (Å²) in [5.74, 6) is 0. The first-order valence-electron chi connectivity index (χ1n) is 5.90. The molecule has 6 nitrogen and oxygen atoms in total. The van der Waals surface area contributed by atoms with Gasteiger partial charge in [0.05, 0.1) is 23.6 Å². The highest BCUT2D eigenvalue weighted by Gasteiger charge is 2.38. The summed E-state index contributed by atoms with van der Waals surface area (Å²) in [6, 6.07) is 0. The van der Waals surface area contributed by atoms with Gasteiger partial charge in [0.2, 0.25) is 10.0 Å². The predicted octanol–water partition coefficient (Wildman–Crippen LogP) is 0.906. The molecule has 0 bridgehead atoms. The number of nitrogens with zero attached hydrogens (tertiary/aromatic N) is 2. The van der Waals surface area contributed by atoms with Crippen LogP contribution in [0.5, 0.6) is 0 Å². The summed E-state index contributed by atoms with van der Waals surface area (Å²) in [6.07, 6.45) is 1.24. The van der Waals surface area contributed by atoms with Crippen LogP contribution in [0, 0.1) is 6.92 Å². The number of ether oxygens (including phenoxy) is 1. The molecule has 1 N–H and O–H groups in total. The molecule has 0 aliphatic carbocycles. The van der Waals surface area contributed by atoms with Crippen LogP contribution in [0.15, 0.2) is 11.1 Å². The molecule has 2 heterocycles. The zero-order valence-corrected chi connectivity index (χ0v) is 11.9. The highest BCUT2D eigenvalue weighted by Crippen LogP contribution is 2.26. The van der Waals surface area contributed by atoms with Gasteiger partial charge in [-0.05, 0) is 27.7 Å². The standard InChI is InChI=1S/C11H19N3O3S/c1-8-6-14(7-11(3,4)17-8)18(15,16)10-5-12-13-9(10)2/h5,8H,6-7H2,1-4H3,(H,12,13). The fraction of sp³-hybridized carbons (Fsp3) is 0.727. The van der Waals surface area contributed by atoms with Gasteiger partial charge in [0, 0.05) is 13.1 Å². The second kappa shape index (κ2) is 4.32. The van der Waals surface area contributed by atoms with Gasteiger partial charge in [-0.25, -0.2) is 8.42 Å². The molecule has 0 spiro atoms. The van der Waals surface area contributed by atoms with E-state index in [2.05, 4.69) is 10.2 Å². The molecular weight excluding hydrogens is 254 g/mol.